The summed E-state index contributed by atoms with van der Waals surface area (Å²) in [6.07, 6.45) is 4.03. The molecule has 3 atom stereocenters. The first-order valence-electron chi connectivity index (χ1n) is 9.00. The van der Waals surface area contributed by atoms with E-state index in [9.17, 15) is 9.32 Å². The minimum atomic E-state index is -1.08. The highest BCUT2D eigenvalue weighted by molar-refractivity contribution is 7.85. The number of hydrogen-bond donors (Lipinski definition) is 1. The molecule has 0 bridgehead atoms. The molecule has 0 spiro atoms. The lowest BCUT2D eigenvalue weighted by atomic mass is 9.75. The van der Waals surface area contributed by atoms with Crippen LogP contribution in [0, 0.1) is 17.8 Å². The molecule has 1 aliphatic heterocycles. The minimum absolute atomic E-state index is 0.135. The fraction of sp³-hybridized carbons (Fsp3) is 0.391. The van der Waals surface area contributed by atoms with Gasteiger partial charge >= 0.3 is 0 Å². The third kappa shape index (κ3) is 5.06. The maximum absolute atomic E-state index is 12.6. The quantitative estimate of drug-likeness (QED) is 0.718. The fourth-order valence-electron chi connectivity index (χ4n) is 3.09. The summed E-state index contributed by atoms with van der Waals surface area (Å²) in [5.74, 6) is 2.60. The maximum Gasteiger partial charge on any atom is 0.0709 e. The largest absolute Gasteiger partial charge is 0.392 e. The first-order chi connectivity index (χ1) is 12.4. The van der Waals surface area contributed by atoms with E-state index >= 15 is 0 Å². The van der Waals surface area contributed by atoms with Gasteiger partial charge in [0.1, 0.15) is 0 Å². The molecule has 2 aromatic rings. The topological polar surface area (TPSA) is 37.3 Å². The summed E-state index contributed by atoms with van der Waals surface area (Å²) < 4.78 is 12.6. The Morgan fingerprint density at radius 3 is 2.15 bits per heavy atom. The zero-order valence-electron chi connectivity index (χ0n) is 16.4. The summed E-state index contributed by atoms with van der Waals surface area (Å²) >= 11 is 0. The van der Waals surface area contributed by atoms with Gasteiger partial charge in [0.15, 0.2) is 0 Å². The molecule has 3 rings (SSSR count). The molecular weight excluding hydrogens is 340 g/mol. The average Bonchev–Trinajstić information content (AvgIpc) is 2.72. The molecule has 1 N–H and O–H groups in total. The second kappa shape index (κ2) is 10.3. The number of fused-ring (bicyclic) bond motifs is 1. The summed E-state index contributed by atoms with van der Waals surface area (Å²) in [6.45, 7) is 9.65. The molecule has 3 unspecified atom stereocenters. The van der Waals surface area contributed by atoms with Crippen LogP contribution in [-0.2, 0) is 10.8 Å². The van der Waals surface area contributed by atoms with Crippen molar-refractivity contribution >= 4 is 10.8 Å². The number of benzene rings is 2. The van der Waals surface area contributed by atoms with Crippen LogP contribution in [-0.4, -0.2) is 21.2 Å². The number of rotatable bonds is 1. The third-order valence-corrected chi connectivity index (χ3v) is 6.15. The predicted octanol–water partition coefficient (Wildman–Crippen LogP) is 4.99. The van der Waals surface area contributed by atoms with E-state index in [0.29, 0.717) is 5.75 Å². The van der Waals surface area contributed by atoms with Crippen molar-refractivity contribution in [2.45, 2.75) is 51.5 Å². The maximum atomic E-state index is 12.6. The highest BCUT2D eigenvalue weighted by Gasteiger charge is 2.41. The number of aliphatic hydroxyl groups is 1. The van der Waals surface area contributed by atoms with Gasteiger partial charge in [-0.2, -0.15) is 0 Å². The molecule has 26 heavy (non-hydrogen) atoms. The van der Waals surface area contributed by atoms with Crippen molar-refractivity contribution in [3.63, 3.8) is 0 Å². The Bertz CT molecular complexity index is 744. The van der Waals surface area contributed by atoms with Gasteiger partial charge in [-0.1, -0.05) is 76.2 Å². The van der Waals surface area contributed by atoms with Gasteiger partial charge in [-0.3, -0.25) is 4.21 Å². The van der Waals surface area contributed by atoms with E-state index in [2.05, 4.69) is 12.3 Å². The molecule has 0 aromatic heterocycles. The van der Waals surface area contributed by atoms with E-state index in [1.165, 1.54) is 0 Å². The van der Waals surface area contributed by atoms with Crippen LogP contribution in [0.3, 0.4) is 0 Å². The van der Waals surface area contributed by atoms with Crippen molar-refractivity contribution < 1.29 is 9.32 Å². The molecule has 3 heteroatoms. The van der Waals surface area contributed by atoms with Crippen LogP contribution < -0.4 is 0 Å². The van der Waals surface area contributed by atoms with Crippen molar-refractivity contribution in [3.8, 4) is 12.3 Å². The van der Waals surface area contributed by atoms with Crippen LogP contribution in [0.25, 0.3) is 0 Å². The summed E-state index contributed by atoms with van der Waals surface area (Å²) in [5.41, 5.74) is 1.66. The number of terminal acetylenes is 1. The van der Waals surface area contributed by atoms with Crippen LogP contribution in [0.4, 0.5) is 0 Å². The molecule has 0 saturated carbocycles. The van der Waals surface area contributed by atoms with E-state index < -0.39 is 22.3 Å². The van der Waals surface area contributed by atoms with Gasteiger partial charge in [0.05, 0.1) is 16.9 Å². The molecule has 0 fully saturated rings. The van der Waals surface area contributed by atoms with Gasteiger partial charge in [-0.25, -0.2) is 0 Å². The summed E-state index contributed by atoms with van der Waals surface area (Å²) in [6, 6.07) is 17.8. The molecule has 1 aliphatic rings. The molecule has 1 heterocycles. The Hall–Kier alpha value is -1.89. The van der Waals surface area contributed by atoms with Crippen molar-refractivity contribution in [1.82, 2.24) is 0 Å². The van der Waals surface area contributed by atoms with Gasteiger partial charge in [0.2, 0.25) is 0 Å². The smallest absolute Gasteiger partial charge is 0.0709 e. The van der Waals surface area contributed by atoms with E-state index in [0.717, 1.165) is 16.0 Å². The van der Waals surface area contributed by atoms with Gasteiger partial charge in [0.25, 0.3) is 0 Å². The van der Waals surface area contributed by atoms with Crippen LogP contribution >= 0.6 is 0 Å². The minimum Gasteiger partial charge on any atom is -0.392 e. The lowest BCUT2D eigenvalue weighted by Crippen LogP contribution is -2.37. The van der Waals surface area contributed by atoms with Gasteiger partial charge < -0.3 is 5.11 Å². The Balaban J connectivity index is 0.000000615. The van der Waals surface area contributed by atoms with E-state index in [4.69, 9.17) is 0 Å². The third-order valence-electron chi connectivity index (χ3n) is 4.28. The molecule has 2 nitrogen and oxygen atoms in total. The Kier molecular flexibility index (Phi) is 8.78. The summed E-state index contributed by atoms with van der Waals surface area (Å²) in [7, 11) is -1.08. The van der Waals surface area contributed by atoms with Gasteiger partial charge in [0, 0.05) is 22.0 Å². The SMILES string of the molecule is C#CC.CC.CC1(C)CS(=O)c2ccccc2C(c2ccccc2)C1O. The highest BCUT2D eigenvalue weighted by atomic mass is 32.2. The second-order valence-electron chi connectivity index (χ2n) is 6.64. The number of aliphatic hydroxyl groups excluding tert-OH is 1. The lowest BCUT2D eigenvalue weighted by molar-refractivity contribution is 0.0525. The normalized spacial score (nSPS) is 22.9. The average molecular weight is 371 g/mol. The van der Waals surface area contributed by atoms with Crippen molar-refractivity contribution in [2.75, 3.05) is 5.75 Å². The second-order valence-corrected chi connectivity index (χ2v) is 8.06. The molecular formula is C23H30O2S. The first-order valence-corrected chi connectivity index (χ1v) is 10.3. The van der Waals surface area contributed by atoms with E-state index in [-0.39, 0.29) is 5.92 Å². The molecule has 2 aromatic carbocycles. The van der Waals surface area contributed by atoms with Crippen molar-refractivity contribution in [2.24, 2.45) is 5.41 Å². The summed E-state index contributed by atoms with van der Waals surface area (Å²) in [5, 5.41) is 11.0. The molecule has 0 saturated heterocycles. The Morgan fingerprint density at radius 2 is 1.58 bits per heavy atom. The Morgan fingerprint density at radius 1 is 1.08 bits per heavy atom. The van der Waals surface area contributed by atoms with E-state index in [1.54, 1.807) is 6.92 Å². The fourth-order valence-corrected chi connectivity index (χ4v) is 4.78. The van der Waals surface area contributed by atoms with Gasteiger partial charge in [-0.05, 0) is 24.1 Å². The molecule has 0 amide bonds. The van der Waals surface area contributed by atoms with Crippen LogP contribution in [0.2, 0.25) is 0 Å². The molecule has 0 radical (unpaired) electrons. The standard InChI is InChI=1S/C18H20O2S.C3H4.C2H6/c1-18(2)12-21(20)15-11-7-6-10-14(15)16(17(18)19)13-8-4-3-5-9-13;1-3-2;1-2/h3-11,16-17,19H,12H2,1-2H3;1H,2H3;1-2H3. The lowest BCUT2D eigenvalue weighted by Gasteiger charge is -2.33. The van der Waals surface area contributed by atoms with E-state index in [1.807, 2.05) is 82.3 Å². The van der Waals surface area contributed by atoms with Crippen LogP contribution in [0.15, 0.2) is 59.5 Å². The molecule has 0 aliphatic carbocycles. The van der Waals surface area contributed by atoms with Gasteiger partial charge in [-0.15, -0.1) is 12.3 Å². The zero-order valence-corrected chi connectivity index (χ0v) is 17.2. The summed E-state index contributed by atoms with van der Waals surface area (Å²) in [4.78, 5) is 0.857. The monoisotopic (exact) mass is 370 g/mol. The zero-order chi connectivity index (χ0) is 19.7. The number of hydrogen-bond acceptors (Lipinski definition) is 2. The van der Waals surface area contributed by atoms with Crippen LogP contribution in [0.1, 0.15) is 51.7 Å². The molecule has 140 valence electrons. The van der Waals surface area contributed by atoms with Crippen molar-refractivity contribution in [3.05, 3.63) is 65.7 Å². The van der Waals surface area contributed by atoms with Crippen LogP contribution in [0.5, 0.6) is 0 Å². The predicted molar refractivity (Wildman–Crippen MR) is 112 cm³/mol. The Labute approximate surface area is 161 Å². The first kappa shape index (κ1) is 22.2. The highest BCUT2D eigenvalue weighted by Crippen LogP contribution is 2.43. The van der Waals surface area contributed by atoms with Crippen molar-refractivity contribution in [1.29, 1.82) is 0 Å².